The Bertz CT molecular complexity index is 273. The van der Waals surface area contributed by atoms with Crippen molar-refractivity contribution in [3.8, 4) is 0 Å². The Morgan fingerprint density at radius 2 is 2.17 bits per heavy atom. The first-order chi connectivity index (χ1) is 8.45. The second-order valence-corrected chi connectivity index (χ2v) is 6.29. The summed E-state index contributed by atoms with van der Waals surface area (Å²) in [6.45, 7) is 7.07. The van der Waals surface area contributed by atoms with Gasteiger partial charge in [-0.15, -0.1) is 0 Å². The van der Waals surface area contributed by atoms with E-state index in [0.717, 1.165) is 32.3 Å². The predicted octanol–water partition coefficient (Wildman–Crippen LogP) is 2.24. The largest absolute Gasteiger partial charge is 0.393 e. The first-order valence-corrected chi connectivity index (χ1v) is 7.03. The fourth-order valence-corrected chi connectivity index (χ4v) is 2.49. The summed E-state index contributed by atoms with van der Waals surface area (Å²) in [5.74, 6) is 0. The van der Waals surface area contributed by atoms with Gasteiger partial charge < -0.3 is 19.3 Å². The molecule has 1 N–H and O–H groups in total. The molecule has 0 aliphatic carbocycles. The van der Waals surface area contributed by atoms with Crippen LogP contribution in [0.15, 0.2) is 0 Å². The molecule has 2 saturated heterocycles. The Morgan fingerprint density at radius 1 is 1.39 bits per heavy atom. The van der Waals surface area contributed by atoms with Crippen LogP contribution in [-0.2, 0) is 14.2 Å². The van der Waals surface area contributed by atoms with E-state index < -0.39 is 0 Å². The first-order valence-electron chi connectivity index (χ1n) is 7.03. The lowest BCUT2D eigenvalue weighted by Gasteiger charge is -2.32. The summed E-state index contributed by atoms with van der Waals surface area (Å²) in [4.78, 5) is 0. The van der Waals surface area contributed by atoms with Gasteiger partial charge in [-0.25, -0.2) is 0 Å². The Kier molecular flexibility index (Phi) is 4.32. The molecular formula is C14H26O4. The number of hydrogen-bond acceptors (Lipinski definition) is 4. The molecule has 106 valence electrons. The van der Waals surface area contributed by atoms with Crippen LogP contribution in [0.3, 0.4) is 0 Å². The highest BCUT2D eigenvalue weighted by molar-refractivity contribution is 4.99. The third-order valence-corrected chi connectivity index (χ3v) is 3.95. The van der Waals surface area contributed by atoms with Crippen LogP contribution >= 0.6 is 0 Å². The Balaban J connectivity index is 1.70. The van der Waals surface area contributed by atoms with E-state index in [1.807, 2.05) is 6.92 Å². The van der Waals surface area contributed by atoms with Gasteiger partial charge in [-0.05, 0) is 52.9 Å². The molecule has 4 nitrogen and oxygen atoms in total. The van der Waals surface area contributed by atoms with Crippen LogP contribution in [0, 0.1) is 0 Å². The van der Waals surface area contributed by atoms with E-state index in [1.165, 1.54) is 6.42 Å². The van der Waals surface area contributed by atoms with Crippen molar-refractivity contribution in [2.24, 2.45) is 0 Å². The van der Waals surface area contributed by atoms with Gasteiger partial charge in [-0.3, -0.25) is 0 Å². The van der Waals surface area contributed by atoms with E-state index in [4.69, 9.17) is 19.3 Å². The molecule has 2 aliphatic rings. The smallest absolute Gasteiger partial charge is 0.158 e. The predicted molar refractivity (Wildman–Crippen MR) is 68.4 cm³/mol. The monoisotopic (exact) mass is 258 g/mol. The van der Waals surface area contributed by atoms with Crippen LogP contribution in [0.5, 0.6) is 0 Å². The average Bonchev–Trinajstić information content (AvgIpc) is 3.00. The summed E-state index contributed by atoms with van der Waals surface area (Å²) < 4.78 is 17.1. The van der Waals surface area contributed by atoms with Gasteiger partial charge in [0.15, 0.2) is 6.29 Å². The topological polar surface area (TPSA) is 51.2 Å². The third-order valence-electron chi connectivity index (χ3n) is 3.95. The van der Waals surface area contributed by atoms with E-state index in [-0.39, 0.29) is 30.2 Å². The van der Waals surface area contributed by atoms with Crippen molar-refractivity contribution in [2.45, 2.75) is 76.5 Å². The number of aliphatic hydroxyl groups is 1. The summed E-state index contributed by atoms with van der Waals surface area (Å²) >= 11 is 0. The molecule has 0 aromatic carbocycles. The molecule has 0 saturated carbocycles. The summed E-state index contributed by atoms with van der Waals surface area (Å²) in [6.07, 6.45) is 5.32. The number of epoxide rings is 1. The van der Waals surface area contributed by atoms with Gasteiger partial charge >= 0.3 is 0 Å². The Morgan fingerprint density at radius 3 is 2.72 bits per heavy atom. The molecule has 0 amide bonds. The molecule has 1 unspecified atom stereocenters. The molecule has 2 rings (SSSR count). The second kappa shape index (κ2) is 5.45. The third kappa shape index (κ3) is 3.67. The van der Waals surface area contributed by atoms with Gasteiger partial charge in [0.1, 0.15) is 5.60 Å². The lowest BCUT2D eigenvalue weighted by molar-refractivity contribution is -0.217. The van der Waals surface area contributed by atoms with Gasteiger partial charge in [0.25, 0.3) is 0 Å². The maximum atomic E-state index is 9.15. The van der Waals surface area contributed by atoms with Crippen molar-refractivity contribution in [2.75, 3.05) is 13.2 Å². The molecule has 2 aliphatic heterocycles. The maximum absolute atomic E-state index is 9.15. The molecule has 0 aromatic rings. The zero-order valence-corrected chi connectivity index (χ0v) is 11.8. The van der Waals surface area contributed by atoms with Gasteiger partial charge in [-0.2, -0.15) is 0 Å². The lowest BCUT2D eigenvalue weighted by Crippen LogP contribution is -2.34. The van der Waals surface area contributed by atoms with E-state index >= 15 is 0 Å². The van der Waals surface area contributed by atoms with E-state index in [9.17, 15) is 0 Å². The molecular weight excluding hydrogens is 232 g/mol. The van der Waals surface area contributed by atoms with Crippen LogP contribution in [0.4, 0.5) is 0 Å². The van der Waals surface area contributed by atoms with Gasteiger partial charge in [-0.1, -0.05) is 0 Å². The molecule has 4 heteroatoms. The lowest BCUT2D eigenvalue weighted by atomic mass is 9.97. The molecule has 0 radical (unpaired) electrons. The molecule has 3 atom stereocenters. The normalized spacial score (nSPS) is 36.7. The highest BCUT2D eigenvalue weighted by Crippen LogP contribution is 2.40. The highest BCUT2D eigenvalue weighted by atomic mass is 16.7. The number of aliphatic hydroxyl groups excluding tert-OH is 1. The zero-order valence-electron chi connectivity index (χ0n) is 11.8. The van der Waals surface area contributed by atoms with E-state index in [0.29, 0.717) is 0 Å². The number of rotatable bonds is 6. The highest BCUT2D eigenvalue weighted by Gasteiger charge is 2.51. The zero-order chi connectivity index (χ0) is 13.2. The van der Waals surface area contributed by atoms with Crippen LogP contribution in [-0.4, -0.2) is 41.9 Å². The average molecular weight is 258 g/mol. The fourth-order valence-electron chi connectivity index (χ4n) is 2.49. The van der Waals surface area contributed by atoms with Gasteiger partial charge in [0.05, 0.1) is 18.3 Å². The van der Waals surface area contributed by atoms with Crippen molar-refractivity contribution in [3.63, 3.8) is 0 Å². The second-order valence-electron chi connectivity index (χ2n) is 6.29. The maximum Gasteiger partial charge on any atom is 0.158 e. The molecule has 18 heavy (non-hydrogen) atoms. The SMILES string of the molecule is CC(C)(CC[C@@H]1O[C@@]1(C)CO)OC1CCCCO1. The summed E-state index contributed by atoms with van der Waals surface area (Å²) in [7, 11) is 0. The minimum absolute atomic E-state index is 0.0434. The van der Waals surface area contributed by atoms with Crippen LogP contribution in [0.1, 0.15) is 52.9 Å². The molecule has 0 aromatic heterocycles. The molecule has 0 bridgehead atoms. The minimum atomic E-state index is -0.308. The minimum Gasteiger partial charge on any atom is -0.393 e. The first kappa shape index (κ1) is 14.3. The Labute approximate surface area is 110 Å². The molecule has 2 heterocycles. The number of ether oxygens (including phenoxy) is 3. The Hall–Kier alpha value is -0.160. The standard InChI is InChI=1S/C14H26O4/c1-13(2,18-12-6-4-5-9-16-12)8-7-11-14(3,10-15)17-11/h11-12,15H,4-10H2,1-3H3/t11-,12?,14-/m0/s1. The van der Waals surface area contributed by atoms with Crippen molar-refractivity contribution in [1.29, 1.82) is 0 Å². The summed E-state index contributed by atoms with van der Waals surface area (Å²) in [5, 5.41) is 9.15. The molecule has 0 spiro atoms. The van der Waals surface area contributed by atoms with Crippen molar-refractivity contribution >= 4 is 0 Å². The van der Waals surface area contributed by atoms with Crippen molar-refractivity contribution in [1.82, 2.24) is 0 Å². The van der Waals surface area contributed by atoms with Crippen LogP contribution in [0.25, 0.3) is 0 Å². The van der Waals surface area contributed by atoms with Gasteiger partial charge in [0, 0.05) is 6.61 Å². The van der Waals surface area contributed by atoms with Crippen molar-refractivity contribution < 1.29 is 19.3 Å². The number of hydrogen-bond donors (Lipinski definition) is 1. The fraction of sp³-hybridized carbons (Fsp3) is 1.00. The van der Waals surface area contributed by atoms with Crippen molar-refractivity contribution in [3.05, 3.63) is 0 Å². The summed E-state index contributed by atoms with van der Waals surface area (Å²) in [5.41, 5.74) is -0.498. The van der Waals surface area contributed by atoms with Crippen LogP contribution in [0.2, 0.25) is 0 Å². The summed E-state index contributed by atoms with van der Waals surface area (Å²) in [6, 6.07) is 0. The van der Waals surface area contributed by atoms with Gasteiger partial charge in [0.2, 0.25) is 0 Å². The molecule has 2 fully saturated rings. The van der Waals surface area contributed by atoms with E-state index in [2.05, 4.69) is 13.8 Å². The van der Waals surface area contributed by atoms with E-state index in [1.54, 1.807) is 0 Å². The quantitative estimate of drug-likeness (QED) is 0.742. The van der Waals surface area contributed by atoms with Crippen LogP contribution < -0.4 is 0 Å².